The maximum atomic E-state index is 12.5. The van der Waals surface area contributed by atoms with Gasteiger partial charge in [0.05, 0.1) is 18.8 Å². The fourth-order valence-electron chi connectivity index (χ4n) is 7.67. The summed E-state index contributed by atoms with van der Waals surface area (Å²) in [5.74, 6) is -0.508. The molecule has 0 aliphatic carbocycles. The predicted molar refractivity (Wildman–Crippen MR) is 241 cm³/mol. The molecule has 0 spiro atoms. The van der Waals surface area contributed by atoms with E-state index in [9.17, 15) is 20.1 Å². The Labute approximate surface area is 343 Å². The molecule has 4 N–H and O–H groups in total. The van der Waals surface area contributed by atoms with Crippen LogP contribution in [0.2, 0.25) is 0 Å². The van der Waals surface area contributed by atoms with E-state index in [1.807, 2.05) is 6.08 Å². The van der Waals surface area contributed by atoms with Crippen LogP contribution in [0.3, 0.4) is 0 Å². The van der Waals surface area contributed by atoms with E-state index in [2.05, 4.69) is 31.3 Å². The molecule has 0 aliphatic rings. The van der Waals surface area contributed by atoms with Gasteiger partial charge in [-0.15, -0.1) is 0 Å². The zero-order valence-electron chi connectivity index (χ0n) is 37.1. The number of hydrogen-bond donors (Lipinski definition) is 4. The molecule has 0 radical (unpaired) electrons. The van der Waals surface area contributed by atoms with E-state index in [1.54, 1.807) is 6.08 Å². The Balaban J connectivity index is 3.64. The SMILES string of the molecule is CCCCCCCCCCCCCCCCC/C=C/CC/C=C/C(O)C(CO)NC(=O)C(O)CCCCCCCCCCCCCCCCCCCCCC. The second kappa shape index (κ2) is 45.5. The molecule has 3 atom stereocenters. The second-order valence-electron chi connectivity index (χ2n) is 17.0. The predicted octanol–water partition coefficient (Wildman–Crippen LogP) is 14.6. The molecule has 326 valence electrons. The molecule has 0 aromatic rings. The number of aliphatic hydroxyl groups is 3. The lowest BCUT2D eigenvalue weighted by Crippen LogP contribution is -2.48. The van der Waals surface area contributed by atoms with Crippen molar-refractivity contribution in [3.63, 3.8) is 0 Å². The zero-order chi connectivity index (χ0) is 40.1. The van der Waals surface area contributed by atoms with Crippen LogP contribution in [0.15, 0.2) is 24.3 Å². The molecule has 5 heteroatoms. The van der Waals surface area contributed by atoms with E-state index in [-0.39, 0.29) is 6.61 Å². The largest absolute Gasteiger partial charge is 0.394 e. The van der Waals surface area contributed by atoms with Crippen molar-refractivity contribution in [1.29, 1.82) is 0 Å². The summed E-state index contributed by atoms with van der Waals surface area (Å²) >= 11 is 0. The summed E-state index contributed by atoms with van der Waals surface area (Å²) in [5, 5.41) is 33.2. The number of aliphatic hydroxyl groups excluding tert-OH is 3. The van der Waals surface area contributed by atoms with Crippen LogP contribution in [-0.2, 0) is 4.79 Å². The standard InChI is InChI=1S/C50H97NO4/c1-3-5-7-9-11-13-15-17-19-21-23-25-27-28-30-32-34-36-38-40-42-44-48(53)47(46-52)51-50(55)49(54)45-43-41-39-37-35-33-31-29-26-24-22-20-18-16-14-12-10-8-6-4-2/h34,36,42,44,47-49,52-54H,3-33,35,37-41,43,45-46H2,1-2H3,(H,51,55)/b36-34+,44-42+. The molecule has 0 fully saturated rings. The highest BCUT2D eigenvalue weighted by Gasteiger charge is 2.22. The van der Waals surface area contributed by atoms with Crippen LogP contribution in [-0.4, -0.2) is 46.1 Å². The van der Waals surface area contributed by atoms with Crippen molar-refractivity contribution >= 4 is 5.91 Å². The molecule has 0 aromatic carbocycles. The Morgan fingerprint density at radius 3 is 1.11 bits per heavy atom. The number of rotatable bonds is 45. The molecule has 0 aromatic heterocycles. The first-order chi connectivity index (χ1) is 27.1. The maximum absolute atomic E-state index is 12.5. The number of carbonyl (C=O) groups excluding carboxylic acids is 1. The maximum Gasteiger partial charge on any atom is 0.249 e. The lowest BCUT2D eigenvalue weighted by Gasteiger charge is -2.21. The van der Waals surface area contributed by atoms with Gasteiger partial charge in [-0.1, -0.05) is 256 Å². The number of nitrogens with one attached hydrogen (secondary N) is 1. The Bertz CT molecular complexity index is 814. The van der Waals surface area contributed by atoms with Crippen LogP contribution in [0.25, 0.3) is 0 Å². The summed E-state index contributed by atoms with van der Waals surface area (Å²) in [6.45, 7) is 4.20. The summed E-state index contributed by atoms with van der Waals surface area (Å²) in [7, 11) is 0. The van der Waals surface area contributed by atoms with Crippen LogP contribution in [0.1, 0.15) is 264 Å². The third-order valence-corrected chi connectivity index (χ3v) is 11.5. The van der Waals surface area contributed by atoms with Crippen molar-refractivity contribution in [3.8, 4) is 0 Å². The highest BCUT2D eigenvalue weighted by atomic mass is 16.3. The van der Waals surface area contributed by atoms with Gasteiger partial charge in [-0.3, -0.25) is 4.79 Å². The quantitative estimate of drug-likeness (QED) is 0.0366. The van der Waals surface area contributed by atoms with Crippen LogP contribution in [0.5, 0.6) is 0 Å². The Morgan fingerprint density at radius 1 is 0.436 bits per heavy atom. The van der Waals surface area contributed by atoms with Crippen LogP contribution < -0.4 is 5.32 Å². The minimum absolute atomic E-state index is 0.373. The van der Waals surface area contributed by atoms with Crippen LogP contribution >= 0.6 is 0 Å². The lowest BCUT2D eigenvalue weighted by molar-refractivity contribution is -0.131. The van der Waals surface area contributed by atoms with Crippen molar-refractivity contribution in [2.75, 3.05) is 6.61 Å². The zero-order valence-corrected chi connectivity index (χ0v) is 37.1. The Kier molecular flexibility index (Phi) is 44.6. The van der Waals surface area contributed by atoms with Gasteiger partial charge in [0, 0.05) is 0 Å². The molecule has 0 bridgehead atoms. The van der Waals surface area contributed by atoms with Gasteiger partial charge in [0.15, 0.2) is 0 Å². The normalized spacial score (nSPS) is 13.6. The van der Waals surface area contributed by atoms with Gasteiger partial charge in [0.2, 0.25) is 5.91 Å². The summed E-state index contributed by atoms with van der Waals surface area (Å²) in [4.78, 5) is 12.5. The molecule has 0 saturated heterocycles. The van der Waals surface area contributed by atoms with Crippen molar-refractivity contribution < 1.29 is 20.1 Å². The minimum Gasteiger partial charge on any atom is -0.394 e. The average Bonchev–Trinajstić information content (AvgIpc) is 3.19. The van der Waals surface area contributed by atoms with E-state index in [0.29, 0.717) is 6.42 Å². The third-order valence-electron chi connectivity index (χ3n) is 11.5. The molecular formula is C50H97NO4. The molecule has 0 heterocycles. The van der Waals surface area contributed by atoms with Gasteiger partial charge >= 0.3 is 0 Å². The first-order valence-corrected chi connectivity index (χ1v) is 24.7. The van der Waals surface area contributed by atoms with E-state index in [4.69, 9.17) is 0 Å². The number of hydrogen-bond acceptors (Lipinski definition) is 4. The number of amides is 1. The van der Waals surface area contributed by atoms with E-state index in [0.717, 1.165) is 38.5 Å². The average molecular weight is 776 g/mol. The van der Waals surface area contributed by atoms with Gasteiger partial charge < -0.3 is 20.6 Å². The number of carbonyl (C=O) groups is 1. The highest BCUT2D eigenvalue weighted by Crippen LogP contribution is 2.17. The van der Waals surface area contributed by atoms with Crippen molar-refractivity contribution in [2.24, 2.45) is 0 Å². The van der Waals surface area contributed by atoms with Crippen LogP contribution in [0, 0.1) is 0 Å². The molecule has 55 heavy (non-hydrogen) atoms. The van der Waals surface area contributed by atoms with E-state index >= 15 is 0 Å². The van der Waals surface area contributed by atoms with Gasteiger partial charge in [0.25, 0.3) is 0 Å². The molecule has 3 unspecified atom stereocenters. The van der Waals surface area contributed by atoms with Gasteiger partial charge in [-0.2, -0.15) is 0 Å². The smallest absolute Gasteiger partial charge is 0.249 e. The summed E-state index contributed by atoms with van der Waals surface area (Å²) in [5.41, 5.74) is 0. The number of allylic oxidation sites excluding steroid dienone is 3. The third kappa shape index (κ3) is 40.8. The molecule has 0 saturated carbocycles. The fraction of sp³-hybridized carbons (Fsp3) is 0.900. The van der Waals surface area contributed by atoms with Crippen molar-refractivity contribution in [1.82, 2.24) is 5.32 Å². The topological polar surface area (TPSA) is 89.8 Å². The van der Waals surface area contributed by atoms with Gasteiger partial charge in [-0.25, -0.2) is 0 Å². The molecule has 0 aliphatic heterocycles. The Morgan fingerprint density at radius 2 is 0.745 bits per heavy atom. The highest BCUT2D eigenvalue weighted by molar-refractivity contribution is 5.80. The molecule has 5 nitrogen and oxygen atoms in total. The first-order valence-electron chi connectivity index (χ1n) is 24.7. The fourth-order valence-corrected chi connectivity index (χ4v) is 7.67. The molecular weight excluding hydrogens is 679 g/mol. The Hall–Kier alpha value is -1.17. The second-order valence-corrected chi connectivity index (χ2v) is 17.0. The van der Waals surface area contributed by atoms with Crippen molar-refractivity contribution in [2.45, 2.75) is 283 Å². The summed E-state index contributed by atoms with van der Waals surface area (Å²) in [6, 6.07) is -0.811. The van der Waals surface area contributed by atoms with Crippen LogP contribution in [0.4, 0.5) is 0 Å². The minimum atomic E-state index is -1.10. The van der Waals surface area contributed by atoms with Crippen molar-refractivity contribution in [3.05, 3.63) is 24.3 Å². The monoisotopic (exact) mass is 776 g/mol. The number of unbranched alkanes of at least 4 members (excludes halogenated alkanes) is 35. The van der Waals surface area contributed by atoms with E-state index in [1.165, 1.54) is 205 Å². The first kappa shape index (κ1) is 53.8. The molecule has 0 rings (SSSR count). The van der Waals surface area contributed by atoms with Gasteiger partial charge in [-0.05, 0) is 32.1 Å². The molecule has 1 amide bonds. The summed E-state index contributed by atoms with van der Waals surface area (Å²) in [6.07, 6.45) is 56.6. The van der Waals surface area contributed by atoms with E-state index < -0.39 is 24.2 Å². The lowest BCUT2D eigenvalue weighted by atomic mass is 10.0. The van der Waals surface area contributed by atoms with Gasteiger partial charge in [0.1, 0.15) is 6.10 Å². The summed E-state index contributed by atoms with van der Waals surface area (Å²) < 4.78 is 0.